The molecule has 3 rings (SSSR count). The van der Waals surface area contributed by atoms with Crippen LogP contribution in [0.5, 0.6) is 5.75 Å². The van der Waals surface area contributed by atoms with Crippen LogP contribution in [0.3, 0.4) is 0 Å². The second-order valence-corrected chi connectivity index (χ2v) is 6.48. The van der Waals surface area contributed by atoms with E-state index in [1.165, 1.54) is 19.1 Å². The number of nitro benzene ring substituents is 1. The van der Waals surface area contributed by atoms with Gasteiger partial charge in [-0.1, -0.05) is 24.3 Å². The largest absolute Gasteiger partial charge is 0.497 e. The summed E-state index contributed by atoms with van der Waals surface area (Å²) in [6.07, 6.45) is 3.53. The van der Waals surface area contributed by atoms with Crippen molar-refractivity contribution in [2.45, 2.75) is 19.9 Å². The Bertz CT molecular complexity index is 964. The maximum Gasteiger partial charge on any atom is 0.270 e. The van der Waals surface area contributed by atoms with Crippen molar-refractivity contribution in [2.24, 2.45) is 0 Å². The molecule has 144 valence electrons. The van der Waals surface area contributed by atoms with E-state index in [-0.39, 0.29) is 17.5 Å². The first-order valence-electron chi connectivity index (χ1n) is 8.74. The average Bonchev–Trinajstić information content (AvgIpc) is 3.13. The summed E-state index contributed by atoms with van der Waals surface area (Å²) in [7, 11) is 1.61. The standard InChI is InChI=1S/C21H21N3O4/c1-14(11-15(2)25)23-21(16-7-9-19(28-3)10-8-16)13-20(22-23)17-5-4-6-18(12-17)24(26)27/h4-13,21-22H,1-3H3/b14-11+/t21-/m1/s1. The smallest absolute Gasteiger partial charge is 0.270 e. The highest BCUT2D eigenvalue weighted by Crippen LogP contribution is 2.35. The first-order valence-corrected chi connectivity index (χ1v) is 8.74. The quantitative estimate of drug-likeness (QED) is 0.464. The topological polar surface area (TPSA) is 84.7 Å². The molecule has 1 heterocycles. The van der Waals surface area contributed by atoms with E-state index >= 15 is 0 Å². The van der Waals surface area contributed by atoms with Crippen LogP contribution in [0, 0.1) is 10.1 Å². The summed E-state index contributed by atoms with van der Waals surface area (Å²) in [5.41, 5.74) is 6.47. The fourth-order valence-electron chi connectivity index (χ4n) is 3.13. The number of methoxy groups -OCH3 is 1. The van der Waals surface area contributed by atoms with Gasteiger partial charge in [-0.2, -0.15) is 0 Å². The van der Waals surface area contributed by atoms with Crippen LogP contribution >= 0.6 is 0 Å². The molecule has 0 saturated heterocycles. The summed E-state index contributed by atoms with van der Waals surface area (Å²) in [6.45, 7) is 3.34. The van der Waals surface area contributed by atoms with Gasteiger partial charge >= 0.3 is 0 Å². The minimum Gasteiger partial charge on any atom is -0.497 e. The van der Waals surface area contributed by atoms with Gasteiger partial charge < -0.3 is 4.74 Å². The summed E-state index contributed by atoms with van der Waals surface area (Å²) in [4.78, 5) is 22.3. The van der Waals surface area contributed by atoms with Gasteiger partial charge in [0.25, 0.3) is 5.69 Å². The van der Waals surface area contributed by atoms with Gasteiger partial charge in [0, 0.05) is 29.5 Å². The molecule has 28 heavy (non-hydrogen) atoms. The molecule has 0 fully saturated rings. The highest BCUT2D eigenvalue weighted by molar-refractivity contribution is 5.87. The van der Waals surface area contributed by atoms with Crippen LogP contribution in [-0.2, 0) is 4.79 Å². The number of ether oxygens (including phenoxy) is 1. The fraction of sp³-hybridized carbons (Fsp3) is 0.190. The van der Waals surface area contributed by atoms with Crippen LogP contribution in [-0.4, -0.2) is 22.8 Å². The van der Waals surface area contributed by atoms with Gasteiger partial charge in [0.2, 0.25) is 0 Å². The van der Waals surface area contributed by atoms with Crippen molar-refractivity contribution in [3.63, 3.8) is 0 Å². The molecular formula is C21H21N3O4. The van der Waals surface area contributed by atoms with Crippen LogP contribution in [0.1, 0.15) is 31.0 Å². The van der Waals surface area contributed by atoms with Gasteiger partial charge in [0.1, 0.15) is 5.75 Å². The van der Waals surface area contributed by atoms with E-state index in [0.717, 1.165) is 22.7 Å². The van der Waals surface area contributed by atoms with E-state index in [0.29, 0.717) is 5.56 Å². The number of hydrogen-bond donors (Lipinski definition) is 1. The lowest BCUT2D eigenvalue weighted by Gasteiger charge is -2.28. The summed E-state index contributed by atoms with van der Waals surface area (Å²) < 4.78 is 5.22. The number of benzene rings is 2. The Labute approximate surface area is 163 Å². The predicted molar refractivity (Wildman–Crippen MR) is 106 cm³/mol. The van der Waals surface area contributed by atoms with Crippen LogP contribution in [0.4, 0.5) is 5.69 Å². The number of hydrazine groups is 1. The monoisotopic (exact) mass is 379 g/mol. The number of non-ortho nitro benzene ring substituents is 1. The van der Waals surface area contributed by atoms with E-state index in [9.17, 15) is 14.9 Å². The molecule has 2 aromatic carbocycles. The molecule has 0 saturated carbocycles. The van der Waals surface area contributed by atoms with Crippen molar-refractivity contribution in [2.75, 3.05) is 7.11 Å². The van der Waals surface area contributed by atoms with Crippen molar-refractivity contribution in [3.8, 4) is 5.75 Å². The zero-order valence-electron chi connectivity index (χ0n) is 15.9. The third kappa shape index (κ3) is 4.03. The van der Waals surface area contributed by atoms with E-state index in [2.05, 4.69) is 5.43 Å². The number of carbonyl (C=O) groups excluding carboxylic acids is 1. The molecule has 7 heteroatoms. The summed E-state index contributed by atoms with van der Waals surface area (Å²) in [5.74, 6) is 0.691. The minimum atomic E-state index is -0.418. The molecule has 0 bridgehead atoms. The molecule has 2 aromatic rings. The zero-order chi connectivity index (χ0) is 20.3. The molecule has 0 radical (unpaired) electrons. The summed E-state index contributed by atoms with van der Waals surface area (Å²) in [6, 6.07) is 13.9. The van der Waals surface area contributed by atoms with Crippen molar-refractivity contribution in [1.82, 2.24) is 10.4 Å². The average molecular weight is 379 g/mol. The highest BCUT2D eigenvalue weighted by Gasteiger charge is 2.27. The number of nitro groups is 1. The van der Waals surface area contributed by atoms with Gasteiger partial charge in [-0.05, 0) is 37.6 Å². The molecule has 0 aliphatic carbocycles. The highest BCUT2D eigenvalue weighted by atomic mass is 16.6. The van der Waals surface area contributed by atoms with Crippen LogP contribution in [0.25, 0.3) is 5.70 Å². The Hall–Kier alpha value is -3.61. The van der Waals surface area contributed by atoms with E-state index in [4.69, 9.17) is 4.74 Å². The number of nitrogens with zero attached hydrogens (tertiary/aromatic N) is 2. The van der Waals surface area contributed by atoms with Gasteiger partial charge in [0.15, 0.2) is 5.78 Å². The molecule has 1 aliphatic heterocycles. The van der Waals surface area contributed by atoms with Crippen molar-refractivity contribution < 1.29 is 14.5 Å². The number of hydrogen-bond acceptors (Lipinski definition) is 6. The van der Waals surface area contributed by atoms with Crippen LogP contribution in [0.15, 0.2) is 66.4 Å². The first kappa shape index (κ1) is 19.2. The third-order valence-corrected chi connectivity index (χ3v) is 4.46. The number of carbonyl (C=O) groups is 1. The van der Waals surface area contributed by atoms with Crippen LogP contribution < -0.4 is 10.2 Å². The maximum atomic E-state index is 11.6. The Morgan fingerprint density at radius 2 is 1.93 bits per heavy atom. The van der Waals surface area contributed by atoms with Gasteiger partial charge in [-0.25, -0.2) is 0 Å². The normalized spacial score (nSPS) is 16.4. The predicted octanol–water partition coefficient (Wildman–Crippen LogP) is 4.00. The lowest BCUT2D eigenvalue weighted by molar-refractivity contribution is -0.384. The van der Waals surface area contributed by atoms with E-state index < -0.39 is 4.92 Å². The fourth-order valence-corrected chi connectivity index (χ4v) is 3.13. The van der Waals surface area contributed by atoms with Gasteiger partial charge in [0.05, 0.1) is 23.8 Å². The molecule has 0 spiro atoms. The molecule has 0 aromatic heterocycles. The maximum absolute atomic E-state index is 11.6. The molecule has 1 aliphatic rings. The molecule has 1 N–H and O–H groups in total. The molecular weight excluding hydrogens is 358 g/mol. The van der Waals surface area contributed by atoms with E-state index in [1.807, 2.05) is 48.3 Å². The Balaban J connectivity index is 2.01. The Morgan fingerprint density at radius 3 is 2.54 bits per heavy atom. The number of rotatable bonds is 6. The lowest BCUT2D eigenvalue weighted by Crippen LogP contribution is -2.32. The van der Waals surface area contributed by atoms with E-state index in [1.54, 1.807) is 19.3 Å². The Kier molecular flexibility index (Phi) is 5.44. The third-order valence-electron chi connectivity index (χ3n) is 4.46. The second-order valence-electron chi connectivity index (χ2n) is 6.48. The molecule has 0 unspecified atom stereocenters. The molecule has 7 nitrogen and oxygen atoms in total. The molecule has 1 atom stereocenters. The number of ketones is 1. The second kappa shape index (κ2) is 7.96. The van der Waals surface area contributed by atoms with Crippen molar-refractivity contribution >= 4 is 17.2 Å². The number of allylic oxidation sites excluding steroid dienone is 2. The minimum absolute atomic E-state index is 0.0237. The summed E-state index contributed by atoms with van der Waals surface area (Å²) >= 11 is 0. The summed E-state index contributed by atoms with van der Waals surface area (Å²) in [5, 5.41) is 13.0. The van der Waals surface area contributed by atoms with Gasteiger partial charge in [-0.3, -0.25) is 25.3 Å². The zero-order valence-corrected chi connectivity index (χ0v) is 15.9. The molecule has 0 amide bonds. The SMILES string of the molecule is COc1ccc([C@H]2C=C(c3cccc([N+](=O)[O-])c3)NN2/C(C)=C/C(C)=O)cc1. The lowest BCUT2D eigenvalue weighted by atomic mass is 10.0. The van der Waals surface area contributed by atoms with Crippen LogP contribution in [0.2, 0.25) is 0 Å². The number of nitrogens with one attached hydrogen (secondary N) is 1. The van der Waals surface area contributed by atoms with Gasteiger partial charge in [-0.15, -0.1) is 0 Å². The first-order chi connectivity index (χ1) is 13.4. The van der Waals surface area contributed by atoms with Crippen molar-refractivity contribution in [1.29, 1.82) is 0 Å². The van der Waals surface area contributed by atoms with Crippen molar-refractivity contribution in [3.05, 3.63) is 87.6 Å². The Morgan fingerprint density at radius 1 is 1.21 bits per heavy atom.